The van der Waals surface area contributed by atoms with E-state index in [0.29, 0.717) is 0 Å². The van der Waals surface area contributed by atoms with E-state index in [9.17, 15) is 23.3 Å². The fraction of sp³-hybridized carbons (Fsp3) is 0. The number of anilines is 2. The Morgan fingerprint density at radius 3 is 2.23 bits per heavy atom. The number of hydrogen-bond acceptors (Lipinski definition) is 5. The Bertz CT molecular complexity index is 1230. The minimum atomic E-state index is -3.90. The summed E-state index contributed by atoms with van der Waals surface area (Å²) in [6.45, 7) is 0. The van der Waals surface area contributed by atoms with E-state index >= 15 is 0 Å². The van der Waals surface area contributed by atoms with Gasteiger partial charge in [0, 0.05) is 17.8 Å². The first-order valence-electron chi connectivity index (χ1n) is 8.30. The van der Waals surface area contributed by atoms with E-state index in [-0.39, 0.29) is 37.6 Å². The minimum absolute atomic E-state index is 0.0428. The molecule has 0 spiro atoms. The zero-order chi connectivity index (χ0) is 21.9. The SMILES string of the molecule is O=C(Nc1ccc(S(=O)(=O)Nc2ccccc2Cl)cc1)c1cc([N+](=O)[O-])ccc1Cl. The second-order valence-corrected chi connectivity index (χ2v) is 8.48. The zero-order valence-corrected chi connectivity index (χ0v) is 17.3. The van der Waals surface area contributed by atoms with Crippen LogP contribution in [0.3, 0.4) is 0 Å². The number of sulfonamides is 1. The van der Waals surface area contributed by atoms with Crippen molar-refractivity contribution < 1.29 is 18.1 Å². The van der Waals surface area contributed by atoms with Crippen molar-refractivity contribution in [2.75, 3.05) is 10.0 Å². The van der Waals surface area contributed by atoms with Gasteiger partial charge in [0.15, 0.2) is 0 Å². The lowest BCUT2D eigenvalue weighted by atomic mass is 10.2. The van der Waals surface area contributed by atoms with Crippen LogP contribution in [0.2, 0.25) is 10.0 Å². The molecule has 0 aliphatic carbocycles. The van der Waals surface area contributed by atoms with Gasteiger partial charge in [0.05, 0.1) is 31.1 Å². The molecular weight excluding hydrogens is 453 g/mol. The monoisotopic (exact) mass is 465 g/mol. The number of nitro benzene ring substituents is 1. The Labute approximate surface area is 181 Å². The average Bonchev–Trinajstić information content (AvgIpc) is 2.70. The highest BCUT2D eigenvalue weighted by Gasteiger charge is 2.18. The van der Waals surface area contributed by atoms with E-state index in [4.69, 9.17) is 23.2 Å². The van der Waals surface area contributed by atoms with Gasteiger partial charge in [-0.15, -0.1) is 0 Å². The number of non-ortho nitro benzene ring substituents is 1. The predicted molar refractivity (Wildman–Crippen MR) is 115 cm³/mol. The van der Waals surface area contributed by atoms with Crippen LogP contribution in [0.5, 0.6) is 0 Å². The maximum absolute atomic E-state index is 12.5. The first kappa shape index (κ1) is 21.6. The van der Waals surface area contributed by atoms with Gasteiger partial charge in [-0.2, -0.15) is 0 Å². The maximum Gasteiger partial charge on any atom is 0.270 e. The number of carbonyl (C=O) groups excluding carboxylic acids is 1. The van der Waals surface area contributed by atoms with Gasteiger partial charge in [-0.05, 0) is 42.5 Å². The topological polar surface area (TPSA) is 118 Å². The fourth-order valence-corrected chi connectivity index (χ4v) is 3.99. The fourth-order valence-electron chi connectivity index (χ4n) is 2.46. The number of hydrogen-bond donors (Lipinski definition) is 2. The highest BCUT2D eigenvalue weighted by molar-refractivity contribution is 7.92. The smallest absolute Gasteiger partial charge is 0.270 e. The molecule has 0 radical (unpaired) electrons. The van der Waals surface area contributed by atoms with Crippen LogP contribution in [0.4, 0.5) is 17.1 Å². The van der Waals surface area contributed by atoms with Gasteiger partial charge in [0.2, 0.25) is 0 Å². The molecule has 0 fully saturated rings. The zero-order valence-electron chi connectivity index (χ0n) is 15.0. The molecule has 154 valence electrons. The number of nitrogens with one attached hydrogen (secondary N) is 2. The van der Waals surface area contributed by atoms with Crippen LogP contribution in [-0.4, -0.2) is 19.2 Å². The summed E-state index contributed by atoms with van der Waals surface area (Å²) in [6.07, 6.45) is 0. The van der Waals surface area contributed by atoms with Crippen LogP contribution in [0.25, 0.3) is 0 Å². The molecule has 3 aromatic carbocycles. The predicted octanol–water partition coefficient (Wildman–Crippen LogP) is 4.95. The number of nitrogens with zero attached hydrogens (tertiary/aromatic N) is 1. The Hall–Kier alpha value is -3.14. The second-order valence-electron chi connectivity index (χ2n) is 5.99. The molecule has 30 heavy (non-hydrogen) atoms. The molecule has 3 aromatic rings. The normalized spacial score (nSPS) is 11.0. The van der Waals surface area contributed by atoms with E-state index in [2.05, 4.69) is 10.0 Å². The van der Waals surface area contributed by atoms with Crippen molar-refractivity contribution in [1.82, 2.24) is 0 Å². The van der Waals surface area contributed by atoms with E-state index < -0.39 is 20.9 Å². The number of carbonyl (C=O) groups is 1. The van der Waals surface area contributed by atoms with Gasteiger partial charge in [-0.3, -0.25) is 19.6 Å². The molecular formula is C19H13Cl2N3O5S. The maximum atomic E-state index is 12.5. The Balaban J connectivity index is 1.78. The summed E-state index contributed by atoms with van der Waals surface area (Å²) in [5.74, 6) is -0.673. The number of para-hydroxylation sites is 1. The molecule has 0 unspecified atom stereocenters. The van der Waals surface area contributed by atoms with Gasteiger partial charge in [-0.25, -0.2) is 8.42 Å². The number of rotatable bonds is 6. The van der Waals surface area contributed by atoms with Crippen LogP contribution in [0, 0.1) is 10.1 Å². The van der Waals surface area contributed by atoms with E-state index in [1.165, 1.54) is 42.5 Å². The van der Waals surface area contributed by atoms with Gasteiger partial charge in [0.25, 0.3) is 21.6 Å². The summed E-state index contributed by atoms with van der Waals surface area (Å²) in [4.78, 5) is 22.6. The molecule has 1 amide bonds. The lowest BCUT2D eigenvalue weighted by Gasteiger charge is -2.11. The van der Waals surface area contributed by atoms with Crippen molar-refractivity contribution in [2.24, 2.45) is 0 Å². The summed E-state index contributed by atoms with van der Waals surface area (Å²) in [5.41, 5.74) is 0.149. The molecule has 11 heteroatoms. The highest BCUT2D eigenvalue weighted by atomic mass is 35.5. The van der Waals surface area contributed by atoms with Crippen molar-refractivity contribution in [3.05, 3.63) is 92.5 Å². The molecule has 0 aliphatic heterocycles. The Morgan fingerprint density at radius 2 is 1.60 bits per heavy atom. The minimum Gasteiger partial charge on any atom is -0.322 e. The first-order valence-corrected chi connectivity index (χ1v) is 10.5. The summed E-state index contributed by atoms with van der Waals surface area (Å²) < 4.78 is 27.4. The van der Waals surface area contributed by atoms with E-state index in [1.807, 2.05) is 0 Å². The molecule has 2 N–H and O–H groups in total. The molecule has 0 bridgehead atoms. The third-order valence-electron chi connectivity index (χ3n) is 3.95. The average molecular weight is 466 g/mol. The summed E-state index contributed by atoms with van der Waals surface area (Å²) in [7, 11) is -3.90. The van der Waals surface area contributed by atoms with Gasteiger partial charge >= 0.3 is 0 Å². The third kappa shape index (κ3) is 4.88. The van der Waals surface area contributed by atoms with E-state index in [1.54, 1.807) is 18.2 Å². The van der Waals surface area contributed by atoms with Crippen LogP contribution >= 0.6 is 23.2 Å². The highest BCUT2D eigenvalue weighted by Crippen LogP contribution is 2.26. The molecule has 0 saturated heterocycles. The van der Waals surface area contributed by atoms with E-state index in [0.717, 1.165) is 6.07 Å². The molecule has 0 aromatic heterocycles. The Morgan fingerprint density at radius 1 is 0.933 bits per heavy atom. The standard InChI is InChI=1S/C19H13Cl2N3O5S/c20-16-10-7-13(24(26)27)11-15(16)19(25)22-12-5-8-14(9-6-12)30(28,29)23-18-4-2-1-3-17(18)21/h1-11,23H,(H,22,25). The number of amides is 1. The molecule has 0 atom stereocenters. The lowest BCUT2D eigenvalue weighted by Crippen LogP contribution is -2.14. The summed E-state index contributed by atoms with van der Waals surface area (Å²) in [6, 6.07) is 15.2. The largest absolute Gasteiger partial charge is 0.322 e. The number of halogens is 2. The molecule has 8 nitrogen and oxygen atoms in total. The quantitative estimate of drug-likeness (QED) is 0.394. The first-order chi connectivity index (χ1) is 14.2. The van der Waals surface area contributed by atoms with Crippen molar-refractivity contribution in [3.8, 4) is 0 Å². The van der Waals surface area contributed by atoms with Gasteiger partial charge in [-0.1, -0.05) is 35.3 Å². The molecule has 3 rings (SSSR count). The van der Waals surface area contributed by atoms with Crippen LogP contribution < -0.4 is 10.0 Å². The summed E-state index contributed by atoms with van der Waals surface area (Å²) >= 11 is 11.9. The third-order valence-corrected chi connectivity index (χ3v) is 5.99. The van der Waals surface area contributed by atoms with Crippen LogP contribution in [-0.2, 0) is 10.0 Å². The molecule has 0 heterocycles. The van der Waals surface area contributed by atoms with Crippen molar-refractivity contribution >= 4 is 56.2 Å². The van der Waals surface area contributed by atoms with Crippen molar-refractivity contribution in [3.63, 3.8) is 0 Å². The van der Waals surface area contributed by atoms with Crippen molar-refractivity contribution in [1.29, 1.82) is 0 Å². The van der Waals surface area contributed by atoms with Gasteiger partial charge in [0.1, 0.15) is 0 Å². The molecule has 0 saturated carbocycles. The summed E-state index contributed by atoms with van der Waals surface area (Å²) in [5, 5.41) is 13.7. The number of nitro groups is 1. The lowest BCUT2D eigenvalue weighted by molar-refractivity contribution is -0.384. The van der Waals surface area contributed by atoms with Crippen molar-refractivity contribution in [2.45, 2.75) is 4.90 Å². The Kier molecular flexibility index (Phi) is 6.25. The molecule has 0 aliphatic rings. The van der Waals surface area contributed by atoms with Crippen LogP contribution in [0.1, 0.15) is 10.4 Å². The van der Waals surface area contributed by atoms with Gasteiger partial charge < -0.3 is 5.32 Å². The van der Waals surface area contributed by atoms with Crippen LogP contribution in [0.15, 0.2) is 71.6 Å². The second kappa shape index (κ2) is 8.70. The number of benzene rings is 3.